The number of phosphoric acid groups is 1. The van der Waals surface area contributed by atoms with Gasteiger partial charge in [0.25, 0.3) is 0 Å². The minimum atomic E-state index is -4.30. The number of quaternary nitrogens is 1. The molecule has 0 aliphatic carbocycles. The van der Waals surface area contributed by atoms with Crippen LogP contribution >= 0.6 is 7.82 Å². The standard InChI is InChI=1S/C45H89N2O6P/c1-6-8-10-12-14-15-16-17-18-19-20-21-22-23-24-25-26-27-28-29-30-31-33-35-37-39-45(49)46-43(44(48)38-36-34-32-13-11-9-7-2)42-53-54(50,51)52-41-40-47(3,4)5/h16-17,19-20,43-44,48H,6-15,18,21-42H2,1-5H3,(H-,46,49,50,51)/p+1/b17-16-,20-19-. The molecule has 1 amide bonds. The number of carbonyl (C=O) groups is 1. The number of phosphoric ester groups is 1. The van der Waals surface area contributed by atoms with E-state index in [2.05, 4.69) is 43.5 Å². The molecule has 0 fully saturated rings. The van der Waals surface area contributed by atoms with Crippen molar-refractivity contribution in [1.29, 1.82) is 0 Å². The van der Waals surface area contributed by atoms with Gasteiger partial charge in [-0.25, -0.2) is 4.57 Å². The van der Waals surface area contributed by atoms with Gasteiger partial charge < -0.3 is 19.8 Å². The van der Waals surface area contributed by atoms with Crippen molar-refractivity contribution in [3.63, 3.8) is 0 Å². The molecule has 54 heavy (non-hydrogen) atoms. The Kier molecular flexibility index (Phi) is 36.8. The van der Waals surface area contributed by atoms with E-state index in [0.29, 0.717) is 23.9 Å². The average Bonchev–Trinajstić information content (AvgIpc) is 3.12. The highest BCUT2D eigenvalue weighted by molar-refractivity contribution is 7.47. The summed E-state index contributed by atoms with van der Waals surface area (Å²) in [4.78, 5) is 23.0. The predicted molar refractivity (Wildman–Crippen MR) is 231 cm³/mol. The highest BCUT2D eigenvalue weighted by Gasteiger charge is 2.28. The molecule has 0 rings (SSSR count). The summed E-state index contributed by atoms with van der Waals surface area (Å²) in [5.41, 5.74) is 0. The average molecular weight is 786 g/mol. The number of rotatable bonds is 41. The quantitative estimate of drug-likeness (QED) is 0.0247. The van der Waals surface area contributed by atoms with Gasteiger partial charge in [-0.3, -0.25) is 13.8 Å². The summed E-state index contributed by atoms with van der Waals surface area (Å²) in [7, 11) is 1.61. The van der Waals surface area contributed by atoms with Gasteiger partial charge >= 0.3 is 7.82 Å². The van der Waals surface area contributed by atoms with E-state index in [0.717, 1.165) is 44.9 Å². The topological polar surface area (TPSA) is 105 Å². The number of hydrogen-bond donors (Lipinski definition) is 3. The van der Waals surface area contributed by atoms with Gasteiger partial charge in [0.05, 0.1) is 39.9 Å². The number of aliphatic hydroxyl groups is 1. The maximum Gasteiger partial charge on any atom is 0.472 e. The minimum absolute atomic E-state index is 0.0749. The van der Waals surface area contributed by atoms with Gasteiger partial charge in [0.1, 0.15) is 13.2 Å². The zero-order valence-electron chi connectivity index (χ0n) is 36.2. The van der Waals surface area contributed by atoms with Crippen LogP contribution in [0.15, 0.2) is 24.3 Å². The number of nitrogens with zero attached hydrogens (tertiary/aromatic N) is 1. The fourth-order valence-electron chi connectivity index (χ4n) is 6.55. The van der Waals surface area contributed by atoms with E-state index >= 15 is 0 Å². The normalized spacial score (nSPS) is 14.6. The van der Waals surface area contributed by atoms with E-state index in [-0.39, 0.29) is 19.1 Å². The summed E-state index contributed by atoms with van der Waals surface area (Å²) in [5, 5.41) is 13.8. The van der Waals surface area contributed by atoms with Gasteiger partial charge in [0, 0.05) is 6.42 Å². The summed E-state index contributed by atoms with van der Waals surface area (Å²) < 4.78 is 23.5. The lowest BCUT2D eigenvalue weighted by atomic mass is 10.0. The number of amides is 1. The Morgan fingerprint density at radius 1 is 0.630 bits per heavy atom. The Morgan fingerprint density at radius 2 is 1.06 bits per heavy atom. The van der Waals surface area contributed by atoms with E-state index in [1.54, 1.807) is 0 Å². The second-order valence-electron chi connectivity index (χ2n) is 16.8. The number of aliphatic hydroxyl groups excluding tert-OH is 1. The Bertz CT molecular complexity index is 938. The zero-order chi connectivity index (χ0) is 40.0. The van der Waals surface area contributed by atoms with Crippen molar-refractivity contribution in [3.8, 4) is 0 Å². The first kappa shape index (κ1) is 53.0. The van der Waals surface area contributed by atoms with Crippen LogP contribution in [-0.2, 0) is 18.4 Å². The van der Waals surface area contributed by atoms with Crippen molar-refractivity contribution >= 4 is 13.7 Å². The third-order valence-corrected chi connectivity index (χ3v) is 11.2. The molecule has 0 saturated carbocycles. The molecule has 0 radical (unpaired) electrons. The van der Waals surface area contributed by atoms with Gasteiger partial charge in [-0.05, 0) is 44.9 Å². The molecule has 0 bridgehead atoms. The van der Waals surface area contributed by atoms with Crippen molar-refractivity contribution in [1.82, 2.24) is 5.32 Å². The molecule has 0 aromatic rings. The molecule has 0 aromatic carbocycles. The van der Waals surface area contributed by atoms with Crippen LogP contribution in [0.3, 0.4) is 0 Å². The van der Waals surface area contributed by atoms with E-state index < -0.39 is 20.0 Å². The number of carbonyl (C=O) groups excluding carboxylic acids is 1. The van der Waals surface area contributed by atoms with Gasteiger partial charge in [-0.2, -0.15) is 0 Å². The fraction of sp³-hybridized carbons (Fsp3) is 0.889. The number of hydrogen-bond acceptors (Lipinski definition) is 5. The van der Waals surface area contributed by atoms with Gasteiger partial charge in [0.2, 0.25) is 5.91 Å². The molecule has 9 heteroatoms. The van der Waals surface area contributed by atoms with Gasteiger partial charge in [0.15, 0.2) is 0 Å². The highest BCUT2D eigenvalue weighted by atomic mass is 31.2. The SMILES string of the molecule is CCCCCCC/C=C\C/C=C\CCCCCCCCCCCCCCCC(=O)NC(COP(=O)(O)OCC[N+](C)(C)C)C(O)CCCCCCCCC. The molecule has 320 valence electrons. The van der Waals surface area contributed by atoms with Crippen LogP contribution in [0, 0.1) is 0 Å². The van der Waals surface area contributed by atoms with Crippen LogP contribution in [0.1, 0.15) is 206 Å². The van der Waals surface area contributed by atoms with Crippen LogP contribution < -0.4 is 5.32 Å². The smallest absolute Gasteiger partial charge is 0.391 e. The van der Waals surface area contributed by atoms with Crippen LogP contribution in [-0.4, -0.2) is 73.4 Å². The summed E-state index contributed by atoms with van der Waals surface area (Å²) >= 11 is 0. The van der Waals surface area contributed by atoms with Crippen molar-refractivity contribution in [2.24, 2.45) is 0 Å². The van der Waals surface area contributed by atoms with Gasteiger partial charge in [-0.1, -0.05) is 179 Å². The molecule has 0 saturated heterocycles. The first-order valence-corrected chi connectivity index (χ1v) is 24.2. The van der Waals surface area contributed by atoms with Crippen LogP contribution in [0.5, 0.6) is 0 Å². The summed E-state index contributed by atoms with van der Waals surface area (Å²) in [6.07, 6.45) is 43.7. The molecule has 0 aliphatic heterocycles. The number of unbranched alkanes of at least 4 members (excludes halogenated alkanes) is 24. The lowest BCUT2D eigenvalue weighted by Crippen LogP contribution is -2.46. The molecule has 0 spiro atoms. The third kappa shape index (κ3) is 39.2. The van der Waals surface area contributed by atoms with Crippen molar-refractivity contribution < 1.29 is 32.9 Å². The molecule has 0 heterocycles. The van der Waals surface area contributed by atoms with Gasteiger partial charge in [-0.15, -0.1) is 0 Å². The van der Waals surface area contributed by atoms with Crippen LogP contribution in [0.2, 0.25) is 0 Å². The molecule has 3 unspecified atom stereocenters. The van der Waals surface area contributed by atoms with Crippen LogP contribution in [0.25, 0.3) is 0 Å². The van der Waals surface area contributed by atoms with E-state index in [1.807, 2.05) is 21.1 Å². The lowest BCUT2D eigenvalue weighted by molar-refractivity contribution is -0.870. The van der Waals surface area contributed by atoms with Crippen molar-refractivity contribution in [3.05, 3.63) is 24.3 Å². The molecule has 3 atom stereocenters. The zero-order valence-corrected chi connectivity index (χ0v) is 37.1. The maximum atomic E-state index is 12.8. The van der Waals surface area contributed by atoms with E-state index in [1.165, 1.54) is 135 Å². The summed E-state index contributed by atoms with van der Waals surface area (Å²) in [6, 6.07) is -0.755. The molecular weight excluding hydrogens is 695 g/mol. The Morgan fingerprint density at radius 3 is 1.52 bits per heavy atom. The summed E-state index contributed by atoms with van der Waals surface area (Å²) in [5.74, 6) is -0.149. The molecule has 8 nitrogen and oxygen atoms in total. The Balaban J connectivity index is 4.05. The third-order valence-electron chi connectivity index (χ3n) is 10.2. The second kappa shape index (κ2) is 37.6. The second-order valence-corrected chi connectivity index (χ2v) is 18.2. The lowest BCUT2D eigenvalue weighted by Gasteiger charge is -2.26. The minimum Gasteiger partial charge on any atom is -0.391 e. The number of allylic oxidation sites excluding steroid dienone is 4. The van der Waals surface area contributed by atoms with Crippen molar-refractivity contribution in [2.45, 2.75) is 219 Å². The Labute approximate surface area is 334 Å². The van der Waals surface area contributed by atoms with Crippen molar-refractivity contribution in [2.75, 3.05) is 40.9 Å². The number of nitrogens with one attached hydrogen (secondary N) is 1. The van der Waals surface area contributed by atoms with Crippen LogP contribution in [0.4, 0.5) is 0 Å². The Hall–Kier alpha value is -1.02. The number of likely N-dealkylation sites (N-methyl/N-ethyl adjacent to an activating group) is 1. The van der Waals surface area contributed by atoms with E-state index in [9.17, 15) is 19.4 Å². The molecular formula is C45H90N2O6P+. The maximum absolute atomic E-state index is 12.8. The summed E-state index contributed by atoms with van der Waals surface area (Å²) in [6.45, 7) is 4.83. The molecule has 3 N–H and O–H groups in total. The monoisotopic (exact) mass is 786 g/mol. The highest BCUT2D eigenvalue weighted by Crippen LogP contribution is 2.43. The fourth-order valence-corrected chi connectivity index (χ4v) is 7.28. The predicted octanol–water partition coefficient (Wildman–Crippen LogP) is 12.5. The molecule has 0 aliphatic rings. The largest absolute Gasteiger partial charge is 0.472 e. The van der Waals surface area contributed by atoms with E-state index in [4.69, 9.17) is 9.05 Å². The molecule has 0 aromatic heterocycles. The first-order valence-electron chi connectivity index (χ1n) is 22.7. The first-order chi connectivity index (χ1) is 26.0.